The van der Waals surface area contributed by atoms with Crippen LogP contribution in [0.25, 0.3) is 0 Å². The second-order valence-electron chi connectivity index (χ2n) is 4.49. The van der Waals surface area contributed by atoms with Crippen molar-refractivity contribution in [2.24, 2.45) is 5.73 Å². The Morgan fingerprint density at radius 3 is 2.62 bits per heavy atom. The third-order valence-electron chi connectivity index (χ3n) is 3.09. The zero-order valence-electron chi connectivity index (χ0n) is 10.4. The molecule has 0 saturated carbocycles. The van der Waals surface area contributed by atoms with Gasteiger partial charge in [0.15, 0.2) is 0 Å². The molecule has 1 rings (SSSR count). The van der Waals surface area contributed by atoms with Gasteiger partial charge in [0.1, 0.15) is 6.04 Å². The first-order valence-electron chi connectivity index (χ1n) is 6.32. The van der Waals surface area contributed by atoms with Gasteiger partial charge < -0.3 is 15.4 Å². The average molecular weight is 228 g/mol. The predicted molar refractivity (Wildman–Crippen MR) is 64.1 cm³/mol. The van der Waals surface area contributed by atoms with E-state index >= 15 is 0 Å². The van der Waals surface area contributed by atoms with Gasteiger partial charge in [-0.1, -0.05) is 13.3 Å². The van der Waals surface area contributed by atoms with Crippen LogP contribution in [0.2, 0.25) is 0 Å². The summed E-state index contributed by atoms with van der Waals surface area (Å²) in [4.78, 5) is 13.8. The molecule has 0 spiro atoms. The Balaban J connectivity index is 2.30. The molecule has 1 aliphatic heterocycles. The first-order valence-corrected chi connectivity index (χ1v) is 6.32. The fraction of sp³-hybridized carbons (Fsp3) is 0.917. The Kier molecular flexibility index (Phi) is 5.77. The van der Waals surface area contributed by atoms with Crippen LogP contribution in [-0.2, 0) is 9.53 Å². The maximum Gasteiger partial charge on any atom is 0.242 e. The number of likely N-dealkylation sites (tertiary alicyclic amines) is 1. The van der Waals surface area contributed by atoms with Crippen LogP contribution in [0, 0.1) is 0 Å². The molecule has 0 bridgehead atoms. The summed E-state index contributed by atoms with van der Waals surface area (Å²) >= 11 is 0. The molecule has 1 unspecified atom stereocenters. The summed E-state index contributed by atoms with van der Waals surface area (Å²) in [5.74, 6) is 0.0431. The van der Waals surface area contributed by atoms with Crippen LogP contribution in [0.5, 0.6) is 0 Å². The van der Waals surface area contributed by atoms with Crippen molar-refractivity contribution in [3.8, 4) is 0 Å². The van der Waals surface area contributed by atoms with Gasteiger partial charge in [0.2, 0.25) is 5.91 Å². The SMILES string of the molecule is CCCCO[C@H](C)C(N)C(=O)N1CCCC1. The molecule has 0 aromatic carbocycles. The molecule has 1 amide bonds. The lowest BCUT2D eigenvalue weighted by atomic mass is 10.1. The number of unbranched alkanes of at least 4 members (excludes halogenated alkanes) is 1. The monoisotopic (exact) mass is 228 g/mol. The smallest absolute Gasteiger partial charge is 0.242 e. The zero-order chi connectivity index (χ0) is 12.0. The summed E-state index contributed by atoms with van der Waals surface area (Å²) in [7, 11) is 0. The van der Waals surface area contributed by atoms with E-state index in [0.717, 1.165) is 38.8 Å². The lowest BCUT2D eigenvalue weighted by molar-refractivity contribution is -0.134. The quantitative estimate of drug-likeness (QED) is 0.694. The Morgan fingerprint density at radius 2 is 2.06 bits per heavy atom. The number of ether oxygens (including phenoxy) is 1. The predicted octanol–water partition coefficient (Wildman–Crippen LogP) is 1.14. The van der Waals surface area contributed by atoms with Crippen LogP contribution in [0.3, 0.4) is 0 Å². The highest BCUT2D eigenvalue weighted by molar-refractivity contribution is 5.82. The maximum atomic E-state index is 11.9. The standard InChI is InChI=1S/C12H24N2O2/c1-3-4-9-16-10(2)11(13)12(15)14-7-5-6-8-14/h10-11H,3-9,13H2,1-2H3/t10-,11?/m1/s1. The highest BCUT2D eigenvalue weighted by Gasteiger charge is 2.27. The van der Waals surface area contributed by atoms with Crippen molar-refractivity contribution >= 4 is 5.91 Å². The van der Waals surface area contributed by atoms with Crippen molar-refractivity contribution in [3.63, 3.8) is 0 Å². The summed E-state index contributed by atoms with van der Waals surface area (Å²) in [5.41, 5.74) is 5.91. The minimum absolute atomic E-state index is 0.0431. The van der Waals surface area contributed by atoms with Gasteiger partial charge >= 0.3 is 0 Å². The van der Waals surface area contributed by atoms with E-state index < -0.39 is 6.04 Å². The number of amides is 1. The summed E-state index contributed by atoms with van der Waals surface area (Å²) in [5, 5.41) is 0. The molecule has 0 aliphatic carbocycles. The van der Waals surface area contributed by atoms with Crippen LogP contribution in [0.4, 0.5) is 0 Å². The molecule has 1 fully saturated rings. The van der Waals surface area contributed by atoms with E-state index in [2.05, 4.69) is 6.92 Å². The molecular formula is C12H24N2O2. The second kappa shape index (κ2) is 6.86. The molecule has 1 heterocycles. The molecule has 1 saturated heterocycles. The maximum absolute atomic E-state index is 11.9. The fourth-order valence-electron chi connectivity index (χ4n) is 1.87. The second-order valence-corrected chi connectivity index (χ2v) is 4.49. The molecular weight excluding hydrogens is 204 g/mol. The number of carbonyl (C=O) groups excluding carboxylic acids is 1. The van der Waals surface area contributed by atoms with Gasteiger partial charge in [0.25, 0.3) is 0 Å². The third-order valence-corrected chi connectivity index (χ3v) is 3.09. The van der Waals surface area contributed by atoms with Gasteiger partial charge in [-0.05, 0) is 26.2 Å². The third kappa shape index (κ3) is 3.76. The Bertz CT molecular complexity index is 215. The molecule has 0 radical (unpaired) electrons. The van der Waals surface area contributed by atoms with E-state index in [0.29, 0.717) is 6.61 Å². The van der Waals surface area contributed by atoms with E-state index in [9.17, 15) is 4.79 Å². The minimum atomic E-state index is -0.505. The topological polar surface area (TPSA) is 55.6 Å². The van der Waals surface area contributed by atoms with Gasteiger partial charge in [-0.25, -0.2) is 0 Å². The lowest BCUT2D eigenvalue weighted by Crippen LogP contribution is -2.49. The van der Waals surface area contributed by atoms with Crippen LogP contribution >= 0.6 is 0 Å². The highest BCUT2D eigenvalue weighted by Crippen LogP contribution is 2.10. The van der Waals surface area contributed by atoms with Gasteiger partial charge in [-0.3, -0.25) is 4.79 Å². The van der Waals surface area contributed by atoms with Crippen LogP contribution in [0.15, 0.2) is 0 Å². The first kappa shape index (κ1) is 13.5. The number of nitrogens with two attached hydrogens (primary N) is 1. The summed E-state index contributed by atoms with van der Waals surface area (Å²) < 4.78 is 5.55. The Hall–Kier alpha value is -0.610. The molecule has 94 valence electrons. The van der Waals surface area contributed by atoms with Gasteiger partial charge in [-0.2, -0.15) is 0 Å². The fourth-order valence-corrected chi connectivity index (χ4v) is 1.87. The lowest BCUT2D eigenvalue weighted by Gasteiger charge is -2.24. The number of nitrogens with zero attached hydrogens (tertiary/aromatic N) is 1. The number of hydrogen-bond acceptors (Lipinski definition) is 3. The van der Waals surface area contributed by atoms with Gasteiger partial charge in [-0.15, -0.1) is 0 Å². The summed E-state index contributed by atoms with van der Waals surface area (Å²) in [6, 6.07) is -0.505. The number of rotatable bonds is 6. The molecule has 2 atom stereocenters. The van der Waals surface area contributed by atoms with Gasteiger partial charge in [0.05, 0.1) is 6.10 Å². The largest absolute Gasteiger partial charge is 0.376 e. The van der Waals surface area contributed by atoms with E-state index in [1.165, 1.54) is 0 Å². The van der Waals surface area contributed by atoms with Crippen molar-refractivity contribution in [2.75, 3.05) is 19.7 Å². The molecule has 0 aromatic rings. The number of carbonyl (C=O) groups is 1. The van der Waals surface area contributed by atoms with Gasteiger partial charge in [0, 0.05) is 19.7 Å². The van der Waals surface area contributed by atoms with E-state index in [-0.39, 0.29) is 12.0 Å². The number of hydrogen-bond donors (Lipinski definition) is 1. The summed E-state index contributed by atoms with van der Waals surface area (Å²) in [6.45, 7) is 6.40. The van der Waals surface area contributed by atoms with Crippen molar-refractivity contribution < 1.29 is 9.53 Å². The molecule has 1 aliphatic rings. The van der Waals surface area contributed by atoms with Crippen molar-refractivity contribution in [2.45, 2.75) is 51.7 Å². The highest BCUT2D eigenvalue weighted by atomic mass is 16.5. The first-order chi connectivity index (χ1) is 7.66. The Morgan fingerprint density at radius 1 is 1.44 bits per heavy atom. The van der Waals surface area contributed by atoms with Crippen LogP contribution in [-0.4, -0.2) is 42.6 Å². The van der Waals surface area contributed by atoms with E-state index in [4.69, 9.17) is 10.5 Å². The normalized spacial score (nSPS) is 19.8. The van der Waals surface area contributed by atoms with Crippen molar-refractivity contribution in [1.82, 2.24) is 4.90 Å². The Labute approximate surface area is 98.1 Å². The minimum Gasteiger partial charge on any atom is -0.376 e. The average Bonchev–Trinajstić information content (AvgIpc) is 2.80. The van der Waals surface area contributed by atoms with Crippen LogP contribution < -0.4 is 5.73 Å². The van der Waals surface area contributed by atoms with E-state index in [1.54, 1.807) is 0 Å². The molecule has 2 N–H and O–H groups in total. The molecule has 0 aromatic heterocycles. The molecule has 4 nitrogen and oxygen atoms in total. The van der Waals surface area contributed by atoms with Crippen molar-refractivity contribution in [1.29, 1.82) is 0 Å². The molecule has 4 heteroatoms. The molecule has 16 heavy (non-hydrogen) atoms. The van der Waals surface area contributed by atoms with Crippen LogP contribution in [0.1, 0.15) is 39.5 Å². The summed E-state index contributed by atoms with van der Waals surface area (Å²) in [6.07, 6.45) is 4.14. The zero-order valence-corrected chi connectivity index (χ0v) is 10.4. The van der Waals surface area contributed by atoms with E-state index in [1.807, 2.05) is 11.8 Å². The van der Waals surface area contributed by atoms with Crippen molar-refractivity contribution in [3.05, 3.63) is 0 Å².